The van der Waals surface area contributed by atoms with Gasteiger partial charge in [0.15, 0.2) is 4.96 Å². The molecule has 0 bridgehead atoms. The van der Waals surface area contributed by atoms with Gasteiger partial charge in [-0.15, -0.1) is 0 Å². The largest absolute Gasteiger partial charge is 0.352 e. The number of amides is 2. The zero-order valence-electron chi connectivity index (χ0n) is 16.8. The van der Waals surface area contributed by atoms with Gasteiger partial charge in [-0.05, 0) is 55.3 Å². The second-order valence-corrected chi connectivity index (χ2v) is 8.67. The molecule has 0 spiro atoms. The average molecular weight is 437 g/mol. The molecule has 4 aromatic rings. The van der Waals surface area contributed by atoms with Crippen molar-refractivity contribution in [1.82, 2.24) is 19.6 Å². The van der Waals surface area contributed by atoms with Crippen LogP contribution in [0.4, 0.5) is 4.39 Å². The number of carbonyl (C=O) groups excluding carboxylic acids is 2. The van der Waals surface area contributed by atoms with Crippen molar-refractivity contribution in [1.29, 1.82) is 0 Å². The van der Waals surface area contributed by atoms with Crippen molar-refractivity contribution in [3.05, 3.63) is 60.0 Å². The first-order valence-electron chi connectivity index (χ1n) is 10.3. The number of rotatable bonds is 6. The van der Waals surface area contributed by atoms with Crippen LogP contribution in [0.15, 0.2) is 48.7 Å². The highest BCUT2D eigenvalue weighted by Crippen LogP contribution is 2.30. The molecule has 0 atom stereocenters. The fourth-order valence-electron chi connectivity index (χ4n) is 3.92. The third kappa shape index (κ3) is 3.90. The molecule has 0 unspecified atom stereocenters. The van der Waals surface area contributed by atoms with Gasteiger partial charge in [0.25, 0.3) is 5.91 Å². The van der Waals surface area contributed by atoms with Crippen LogP contribution in [0, 0.1) is 5.82 Å². The summed E-state index contributed by atoms with van der Waals surface area (Å²) in [4.78, 5) is 31.5. The molecule has 2 aromatic heterocycles. The lowest BCUT2D eigenvalue weighted by atomic mass is 10.2. The minimum atomic E-state index is -0.273. The van der Waals surface area contributed by atoms with Crippen LogP contribution in [0.2, 0.25) is 0 Å². The summed E-state index contributed by atoms with van der Waals surface area (Å²) in [6, 6.07) is 11.9. The second-order valence-electron chi connectivity index (χ2n) is 7.66. The maximum absolute atomic E-state index is 13.2. The van der Waals surface area contributed by atoms with E-state index in [1.165, 1.54) is 23.5 Å². The molecular weight excluding hydrogens is 415 g/mol. The summed E-state index contributed by atoms with van der Waals surface area (Å²) in [6.45, 7) is 2.05. The van der Waals surface area contributed by atoms with Gasteiger partial charge in [-0.2, -0.15) is 0 Å². The molecule has 31 heavy (non-hydrogen) atoms. The molecule has 2 amide bonds. The van der Waals surface area contributed by atoms with E-state index in [1.807, 2.05) is 33.7 Å². The van der Waals surface area contributed by atoms with E-state index in [1.54, 1.807) is 12.1 Å². The zero-order valence-corrected chi connectivity index (χ0v) is 17.6. The first-order chi connectivity index (χ1) is 15.1. The Labute approximate surface area is 182 Å². The van der Waals surface area contributed by atoms with Gasteiger partial charge >= 0.3 is 0 Å². The molecule has 6 nitrogen and oxygen atoms in total. The highest BCUT2D eigenvalue weighted by molar-refractivity contribution is 7.23. The Bertz CT molecular complexity index is 1280. The van der Waals surface area contributed by atoms with Crippen molar-refractivity contribution < 1.29 is 14.0 Å². The minimum absolute atomic E-state index is 0.118. The second kappa shape index (κ2) is 8.11. The zero-order chi connectivity index (χ0) is 21.4. The van der Waals surface area contributed by atoms with Crippen LogP contribution in [0.1, 0.15) is 29.6 Å². The normalized spacial score (nSPS) is 14.1. The van der Waals surface area contributed by atoms with Crippen LogP contribution >= 0.6 is 11.3 Å². The number of hydrogen-bond donors (Lipinski definition) is 1. The number of benzene rings is 2. The quantitative estimate of drug-likeness (QED) is 0.463. The third-order valence-electron chi connectivity index (χ3n) is 5.56. The fraction of sp³-hybridized carbons (Fsp3) is 0.261. The SMILES string of the molecule is O=C(NCCCN1CCCC1=O)c1ccc2c(c1)sc1nc(-c3ccc(F)cc3)cn12. The Morgan fingerprint density at radius 3 is 2.81 bits per heavy atom. The van der Waals surface area contributed by atoms with E-state index < -0.39 is 0 Å². The molecule has 0 saturated carbocycles. The van der Waals surface area contributed by atoms with Crippen molar-refractivity contribution in [2.75, 3.05) is 19.6 Å². The summed E-state index contributed by atoms with van der Waals surface area (Å²) < 4.78 is 16.1. The van der Waals surface area contributed by atoms with Gasteiger partial charge in [-0.25, -0.2) is 9.37 Å². The molecule has 1 N–H and O–H groups in total. The molecule has 1 fully saturated rings. The lowest BCUT2D eigenvalue weighted by Crippen LogP contribution is -2.30. The molecule has 2 aromatic carbocycles. The van der Waals surface area contributed by atoms with E-state index in [2.05, 4.69) is 10.3 Å². The van der Waals surface area contributed by atoms with Gasteiger partial charge < -0.3 is 10.2 Å². The molecular formula is C23H21FN4O2S. The third-order valence-corrected chi connectivity index (χ3v) is 6.58. The number of halogens is 1. The molecule has 1 saturated heterocycles. The number of fused-ring (bicyclic) bond motifs is 3. The summed E-state index contributed by atoms with van der Waals surface area (Å²) in [5, 5.41) is 2.94. The van der Waals surface area contributed by atoms with Gasteiger partial charge in [0.2, 0.25) is 5.91 Å². The van der Waals surface area contributed by atoms with Gasteiger partial charge in [0.1, 0.15) is 5.82 Å². The van der Waals surface area contributed by atoms with Gasteiger partial charge in [-0.3, -0.25) is 14.0 Å². The first kappa shape index (κ1) is 19.7. The first-order valence-corrected chi connectivity index (χ1v) is 11.1. The molecule has 1 aliphatic heterocycles. The number of hydrogen-bond acceptors (Lipinski definition) is 4. The smallest absolute Gasteiger partial charge is 0.251 e. The lowest BCUT2D eigenvalue weighted by molar-refractivity contribution is -0.127. The highest BCUT2D eigenvalue weighted by atomic mass is 32.1. The minimum Gasteiger partial charge on any atom is -0.352 e. The summed E-state index contributed by atoms with van der Waals surface area (Å²) in [6.07, 6.45) is 4.25. The van der Waals surface area contributed by atoms with E-state index in [-0.39, 0.29) is 17.6 Å². The van der Waals surface area contributed by atoms with Crippen molar-refractivity contribution in [2.24, 2.45) is 0 Å². The van der Waals surface area contributed by atoms with Crippen molar-refractivity contribution in [3.8, 4) is 11.3 Å². The van der Waals surface area contributed by atoms with Crippen LogP contribution < -0.4 is 5.32 Å². The molecule has 8 heteroatoms. The van der Waals surface area contributed by atoms with Crippen molar-refractivity contribution in [3.63, 3.8) is 0 Å². The van der Waals surface area contributed by atoms with E-state index in [4.69, 9.17) is 0 Å². The number of likely N-dealkylation sites (tertiary alicyclic amines) is 1. The average Bonchev–Trinajstić information content (AvgIpc) is 3.45. The Morgan fingerprint density at radius 2 is 2.03 bits per heavy atom. The van der Waals surface area contributed by atoms with Crippen LogP contribution in [-0.2, 0) is 4.79 Å². The Balaban J connectivity index is 1.27. The summed E-state index contributed by atoms with van der Waals surface area (Å²) in [7, 11) is 0. The van der Waals surface area contributed by atoms with Crippen LogP contribution in [0.25, 0.3) is 26.4 Å². The maximum atomic E-state index is 13.2. The molecule has 1 aliphatic rings. The Hall–Kier alpha value is -3.26. The van der Waals surface area contributed by atoms with E-state index >= 15 is 0 Å². The summed E-state index contributed by atoms with van der Waals surface area (Å²) in [5.41, 5.74) is 3.22. The number of imidazole rings is 1. The molecule has 5 rings (SSSR count). The number of aromatic nitrogens is 2. The van der Waals surface area contributed by atoms with Crippen LogP contribution in [-0.4, -0.2) is 45.7 Å². The van der Waals surface area contributed by atoms with E-state index in [0.29, 0.717) is 25.1 Å². The number of carbonyl (C=O) groups is 2. The Morgan fingerprint density at radius 1 is 1.19 bits per heavy atom. The predicted octanol–water partition coefficient (Wildman–Crippen LogP) is 4.10. The predicted molar refractivity (Wildman–Crippen MR) is 119 cm³/mol. The van der Waals surface area contributed by atoms with Gasteiger partial charge in [0.05, 0.1) is 15.9 Å². The van der Waals surface area contributed by atoms with Crippen molar-refractivity contribution in [2.45, 2.75) is 19.3 Å². The van der Waals surface area contributed by atoms with E-state index in [9.17, 15) is 14.0 Å². The summed E-state index contributed by atoms with van der Waals surface area (Å²) >= 11 is 1.51. The number of thiazole rings is 1. The van der Waals surface area contributed by atoms with Crippen molar-refractivity contribution >= 4 is 38.3 Å². The topological polar surface area (TPSA) is 66.7 Å². The molecule has 158 valence electrons. The number of nitrogens with one attached hydrogen (secondary N) is 1. The van der Waals surface area contributed by atoms with Gasteiger partial charge in [-0.1, -0.05) is 11.3 Å². The standard InChI is InChI=1S/C23H21FN4O2S/c24-17-7-4-15(5-8-17)18-14-28-19-9-6-16(13-20(19)31-23(28)26-18)22(30)25-10-2-12-27-11-1-3-21(27)29/h4-9,13-14H,1-3,10-12H2,(H,25,30). The molecule has 0 aliphatic carbocycles. The van der Waals surface area contributed by atoms with Crippen LogP contribution in [0.5, 0.6) is 0 Å². The van der Waals surface area contributed by atoms with Crippen LogP contribution in [0.3, 0.4) is 0 Å². The fourth-order valence-corrected chi connectivity index (χ4v) is 4.96. The lowest BCUT2D eigenvalue weighted by Gasteiger charge is -2.15. The monoisotopic (exact) mass is 436 g/mol. The Kier molecular flexibility index (Phi) is 5.15. The molecule has 3 heterocycles. The summed E-state index contributed by atoms with van der Waals surface area (Å²) in [5.74, 6) is -0.180. The van der Waals surface area contributed by atoms with E-state index in [0.717, 1.165) is 45.8 Å². The highest BCUT2D eigenvalue weighted by Gasteiger charge is 2.19. The molecule has 0 radical (unpaired) electrons. The van der Waals surface area contributed by atoms with Gasteiger partial charge in [0, 0.05) is 43.4 Å². The number of nitrogens with zero attached hydrogens (tertiary/aromatic N) is 3. The maximum Gasteiger partial charge on any atom is 0.251 e.